The van der Waals surface area contributed by atoms with Crippen LogP contribution in [0.1, 0.15) is 5.56 Å². The van der Waals surface area contributed by atoms with Gasteiger partial charge in [-0.3, -0.25) is 4.79 Å². The molecule has 2 aromatic heterocycles. The van der Waals surface area contributed by atoms with E-state index >= 15 is 0 Å². The van der Waals surface area contributed by atoms with Crippen molar-refractivity contribution in [1.82, 2.24) is 14.5 Å². The summed E-state index contributed by atoms with van der Waals surface area (Å²) in [6.45, 7) is 0.747. The number of imidazole rings is 1. The Morgan fingerprint density at radius 3 is 2.86 bits per heavy atom. The number of benzene rings is 1. The predicted molar refractivity (Wildman–Crippen MR) is 89.2 cm³/mol. The van der Waals surface area contributed by atoms with Gasteiger partial charge in [0.05, 0.1) is 5.75 Å². The van der Waals surface area contributed by atoms with Gasteiger partial charge in [-0.05, 0) is 5.56 Å². The molecule has 0 saturated heterocycles. The summed E-state index contributed by atoms with van der Waals surface area (Å²) in [5.41, 5.74) is 1.20. The second kappa shape index (κ2) is 7.24. The predicted octanol–water partition coefficient (Wildman–Crippen LogP) is 3.12. The molecule has 0 aliphatic carbocycles. The van der Waals surface area contributed by atoms with Gasteiger partial charge in [-0.2, -0.15) is 0 Å². The number of aromatic nitrogens is 3. The fourth-order valence-electron chi connectivity index (χ4n) is 1.91. The third-order valence-electron chi connectivity index (χ3n) is 2.88. The van der Waals surface area contributed by atoms with E-state index in [1.165, 1.54) is 28.7 Å². The number of hydrogen-bond donors (Lipinski definition) is 1. The molecule has 5 nitrogen and oxygen atoms in total. The van der Waals surface area contributed by atoms with Gasteiger partial charge in [0.25, 0.3) is 0 Å². The standard InChI is InChI=1S/C15H14N4OS2/c20-13(18-14-16-7-9-21-14)11-22-15-17-6-8-19(15)10-12-4-2-1-3-5-12/h1-9H,10-11H2,(H,16,18,20). The van der Waals surface area contributed by atoms with E-state index in [-0.39, 0.29) is 5.91 Å². The third kappa shape index (κ3) is 3.96. The first-order valence-corrected chi connectivity index (χ1v) is 8.55. The Morgan fingerprint density at radius 1 is 1.23 bits per heavy atom. The van der Waals surface area contributed by atoms with Crippen LogP contribution in [0.15, 0.2) is 59.5 Å². The van der Waals surface area contributed by atoms with Crippen LogP contribution in [-0.4, -0.2) is 26.2 Å². The van der Waals surface area contributed by atoms with Crippen molar-refractivity contribution < 1.29 is 4.79 Å². The Kier molecular flexibility index (Phi) is 4.87. The fourth-order valence-corrected chi connectivity index (χ4v) is 3.21. The van der Waals surface area contributed by atoms with Crippen LogP contribution < -0.4 is 5.32 Å². The van der Waals surface area contributed by atoms with E-state index in [1.807, 2.05) is 34.3 Å². The number of rotatable bonds is 6. The monoisotopic (exact) mass is 330 g/mol. The Morgan fingerprint density at radius 2 is 2.09 bits per heavy atom. The average Bonchev–Trinajstić information content (AvgIpc) is 3.18. The van der Waals surface area contributed by atoms with Crippen LogP contribution in [0.25, 0.3) is 0 Å². The fraction of sp³-hybridized carbons (Fsp3) is 0.133. The molecule has 1 aromatic carbocycles. The first-order valence-electron chi connectivity index (χ1n) is 6.68. The number of thioether (sulfide) groups is 1. The van der Waals surface area contributed by atoms with Gasteiger partial charge in [0.1, 0.15) is 0 Å². The molecule has 1 N–H and O–H groups in total. The summed E-state index contributed by atoms with van der Waals surface area (Å²) >= 11 is 2.83. The zero-order valence-electron chi connectivity index (χ0n) is 11.7. The van der Waals surface area contributed by atoms with E-state index in [4.69, 9.17) is 0 Å². The number of carbonyl (C=O) groups excluding carboxylic acids is 1. The van der Waals surface area contributed by atoms with Crippen LogP contribution in [0.4, 0.5) is 5.13 Å². The highest BCUT2D eigenvalue weighted by molar-refractivity contribution is 7.99. The minimum Gasteiger partial charge on any atom is -0.322 e. The summed E-state index contributed by atoms with van der Waals surface area (Å²) in [7, 11) is 0. The van der Waals surface area contributed by atoms with Gasteiger partial charge in [0.15, 0.2) is 10.3 Å². The highest BCUT2D eigenvalue weighted by Crippen LogP contribution is 2.18. The minimum atomic E-state index is -0.0748. The lowest BCUT2D eigenvalue weighted by Crippen LogP contribution is -2.14. The molecule has 3 aromatic rings. The van der Waals surface area contributed by atoms with Crippen LogP contribution in [-0.2, 0) is 11.3 Å². The van der Waals surface area contributed by atoms with Crippen molar-refractivity contribution in [3.05, 3.63) is 59.9 Å². The number of carbonyl (C=O) groups is 1. The second-order valence-electron chi connectivity index (χ2n) is 4.50. The Labute approximate surface area is 136 Å². The summed E-state index contributed by atoms with van der Waals surface area (Å²) in [5, 5.41) is 6.05. The Bertz CT molecular complexity index is 725. The second-order valence-corrected chi connectivity index (χ2v) is 6.33. The molecule has 0 spiro atoms. The van der Waals surface area contributed by atoms with Gasteiger partial charge in [-0.15, -0.1) is 11.3 Å². The van der Waals surface area contributed by atoms with E-state index in [2.05, 4.69) is 27.4 Å². The minimum absolute atomic E-state index is 0.0748. The lowest BCUT2D eigenvalue weighted by Gasteiger charge is -2.07. The van der Waals surface area contributed by atoms with E-state index < -0.39 is 0 Å². The van der Waals surface area contributed by atoms with Gasteiger partial charge in [-0.1, -0.05) is 42.1 Å². The molecular weight excluding hydrogens is 316 g/mol. The largest absolute Gasteiger partial charge is 0.322 e. The number of nitrogens with zero attached hydrogens (tertiary/aromatic N) is 3. The molecule has 22 heavy (non-hydrogen) atoms. The van der Waals surface area contributed by atoms with Gasteiger partial charge in [0.2, 0.25) is 5.91 Å². The van der Waals surface area contributed by atoms with E-state index in [9.17, 15) is 4.79 Å². The molecular formula is C15H14N4OS2. The topological polar surface area (TPSA) is 59.8 Å². The van der Waals surface area contributed by atoms with E-state index in [0.717, 1.165) is 11.7 Å². The van der Waals surface area contributed by atoms with Crippen LogP contribution in [0, 0.1) is 0 Å². The quantitative estimate of drug-likeness (QED) is 0.706. The summed E-state index contributed by atoms with van der Waals surface area (Å²) in [5.74, 6) is 0.236. The molecule has 0 fully saturated rings. The molecule has 0 radical (unpaired) electrons. The molecule has 2 heterocycles. The van der Waals surface area contributed by atoms with Crippen LogP contribution in [0.5, 0.6) is 0 Å². The number of amides is 1. The lowest BCUT2D eigenvalue weighted by molar-refractivity contribution is -0.113. The Balaban J connectivity index is 1.57. The molecule has 0 aliphatic rings. The maximum absolute atomic E-state index is 11.9. The molecule has 112 valence electrons. The molecule has 0 aliphatic heterocycles. The van der Waals surface area contributed by atoms with Crippen molar-refractivity contribution in [2.75, 3.05) is 11.1 Å². The van der Waals surface area contributed by atoms with Crippen molar-refractivity contribution in [1.29, 1.82) is 0 Å². The third-order valence-corrected chi connectivity index (χ3v) is 4.58. The van der Waals surface area contributed by atoms with Gasteiger partial charge in [-0.25, -0.2) is 9.97 Å². The van der Waals surface area contributed by atoms with Crippen molar-refractivity contribution in [3.63, 3.8) is 0 Å². The number of anilines is 1. The lowest BCUT2D eigenvalue weighted by atomic mass is 10.2. The highest BCUT2D eigenvalue weighted by atomic mass is 32.2. The Hall–Kier alpha value is -2.12. The molecule has 3 rings (SSSR count). The maximum Gasteiger partial charge on any atom is 0.236 e. The first kappa shape index (κ1) is 14.8. The molecule has 7 heteroatoms. The molecule has 0 atom stereocenters. The van der Waals surface area contributed by atoms with Crippen molar-refractivity contribution in [3.8, 4) is 0 Å². The number of thiazole rings is 1. The molecule has 0 saturated carbocycles. The van der Waals surface area contributed by atoms with Crippen molar-refractivity contribution in [2.45, 2.75) is 11.7 Å². The summed E-state index contributed by atoms with van der Waals surface area (Å²) in [4.78, 5) is 20.2. The van der Waals surface area contributed by atoms with Gasteiger partial charge < -0.3 is 9.88 Å². The first-order chi connectivity index (χ1) is 10.8. The molecule has 1 amide bonds. The van der Waals surface area contributed by atoms with E-state index in [0.29, 0.717) is 10.9 Å². The smallest absolute Gasteiger partial charge is 0.236 e. The number of nitrogens with one attached hydrogen (secondary N) is 1. The van der Waals surface area contributed by atoms with Gasteiger partial charge >= 0.3 is 0 Å². The number of hydrogen-bond acceptors (Lipinski definition) is 5. The van der Waals surface area contributed by atoms with Crippen molar-refractivity contribution in [2.24, 2.45) is 0 Å². The zero-order valence-corrected chi connectivity index (χ0v) is 13.3. The highest BCUT2D eigenvalue weighted by Gasteiger charge is 2.09. The summed E-state index contributed by atoms with van der Waals surface area (Å²) < 4.78 is 2.04. The normalized spacial score (nSPS) is 10.5. The van der Waals surface area contributed by atoms with Crippen LogP contribution >= 0.6 is 23.1 Å². The zero-order chi connectivity index (χ0) is 15.2. The van der Waals surface area contributed by atoms with Crippen LogP contribution in [0.3, 0.4) is 0 Å². The SMILES string of the molecule is O=C(CSc1nccn1Cc1ccccc1)Nc1nccs1. The van der Waals surface area contributed by atoms with Gasteiger partial charge in [0, 0.05) is 30.5 Å². The van der Waals surface area contributed by atoms with E-state index in [1.54, 1.807) is 12.4 Å². The summed E-state index contributed by atoms with van der Waals surface area (Å²) in [6, 6.07) is 10.2. The van der Waals surface area contributed by atoms with Crippen molar-refractivity contribution >= 4 is 34.1 Å². The molecule has 0 unspecified atom stereocenters. The summed E-state index contributed by atoms with van der Waals surface area (Å²) in [6.07, 6.45) is 5.35. The molecule has 0 bridgehead atoms. The average molecular weight is 330 g/mol. The maximum atomic E-state index is 11.9. The van der Waals surface area contributed by atoms with Crippen LogP contribution in [0.2, 0.25) is 0 Å².